The predicted molar refractivity (Wildman–Crippen MR) is 82.6 cm³/mol. The van der Waals surface area contributed by atoms with Crippen LogP contribution in [0.3, 0.4) is 0 Å². The van der Waals surface area contributed by atoms with E-state index in [9.17, 15) is 0 Å². The summed E-state index contributed by atoms with van der Waals surface area (Å²) in [6, 6.07) is 8.54. The minimum atomic E-state index is 0.880. The Kier molecular flexibility index (Phi) is 4.03. The molecule has 106 valence electrons. The van der Waals surface area contributed by atoms with Crippen LogP contribution >= 0.6 is 15.9 Å². The van der Waals surface area contributed by atoms with Gasteiger partial charge in [0.1, 0.15) is 12.2 Å². The first-order valence-corrected chi connectivity index (χ1v) is 7.57. The van der Waals surface area contributed by atoms with E-state index in [1.807, 2.05) is 11.7 Å². The van der Waals surface area contributed by atoms with Gasteiger partial charge < -0.3 is 4.90 Å². The van der Waals surface area contributed by atoms with Crippen LogP contribution in [0.25, 0.3) is 0 Å². The zero-order valence-electron chi connectivity index (χ0n) is 11.5. The van der Waals surface area contributed by atoms with E-state index in [-0.39, 0.29) is 0 Å². The van der Waals surface area contributed by atoms with Gasteiger partial charge >= 0.3 is 0 Å². The maximum Gasteiger partial charge on any atom is 0.140 e. The molecule has 0 spiro atoms. The number of piperazine rings is 1. The monoisotopic (exact) mass is 335 g/mol. The lowest BCUT2D eigenvalue weighted by atomic mass is 10.2. The van der Waals surface area contributed by atoms with Gasteiger partial charge in [-0.05, 0) is 24.3 Å². The molecule has 0 aliphatic carbocycles. The summed E-state index contributed by atoms with van der Waals surface area (Å²) in [6.45, 7) is 5.11. The first-order valence-electron chi connectivity index (χ1n) is 6.78. The largest absolute Gasteiger partial charge is 0.369 e. The van der Waals surface area contributed by atoms with E-state index in [0.717, 1.165) is 43.0 Å². The Morgan fingerprint density at radius 1 is 1.10 bits per heavy atom. The molecule has 1 aliphatic rings. The highest BCUT2D eigenvalue weighted by Gasteiger charge is 2.18. The predicted octanol–water partition coefficient (Wildman–Crippen LogP) is 1.90. The maximum absolute atomic E-state index is 4.29. The number of nitrogens with zero attached hydrogens (tertiary/aromatic N) is 5. The zero-order chi connectivity index (χ0) is 13.9. The smallest absolute Gasteiger partial charge is 0.140 e. The van der Waals surface area contributed by atoms with Crippen molar-refractivity contribution in [3.8, 4) is 0 Å². The molecule has 1 fully saturated rings. The lowest BCUT2D eigenvalue weighted by Crippen LogP contribution is -2.46. The minimum Gasteiger partial charge on any atom is -0.369 e. The highest BCUT2D eigenvalue weighted by molar-refractivity contribution is 9.10. The summed E-state index contributed by atoms with van der Waals surface area (Å²) in [5.41, 5.74) is 1.30. The van der Waals surface area contributed by atoms with Crippen molar-refractivity contribution in [3.05, 3.63) is 40.9 Å². The van der Waals surface area contributed by atoms with Crippen molar-refractivity contribution in [1.29, 1.82) is 0 Å². The van der Waals surface area contributed by atoms with E-state index in [1.54, 1.807) is 6.33 Å². The lowest BCUT2D eigenvalue weighted by Gasteiger charge is -2.35. The molecule has 0 N–H and O–H groups in total. The number of halogens is 1. The molecule has 2 heterocycles. The second-order valence-corrected chi connectivity index (χ2v) is 5.96. The van der Waals surface area contributed by atoms with Crippen molar-refractivity contribution >= 4 is 21.6 Å². The molecule has 3 rings (SSSR count). The van der Waals surface area contributed by atoms with Gasteiger partial charge in [0.2, 0.25) is 0 Å². The molecule has 0 bridgehead atoms. The molecule has 2 aromatic rings. The van der Waals surface area contributed by atoms with Gasteiger partial charge in [-0.1, -0.05) is 15.9 Å². The van der Waals surface area contributed by atoms with Crippen LogP contribution < -0.4 is 4.90 Å². The van der Waals surface area contributed by atoms with Crippen LogP contribution in [0.4, 0.5) is 5.69 Å². The summed E-state index contributed by atoms with van der Waals surface area (Å²) < 4.78 is 2.98. The van der Waals surface area contributed by atoms with Gasteiger partial charge in [-0.15, -0.1) is 0 Å². The first-order chi connectivity index (χ1) is 9.72. The number of anilines is 1. The van der Waals surface area contributed by atoms with E-state index >= 15 is 0 Å². The summed E-state index contributed by atoms with van der Waals surface area (Å²) >= 11 is 3.48. The van der Waals surface area contributed by atoms with E-state index < -0.39 is 0 Å². The van der Waals surface area contributed by atoms with Crippen LogP contribution in [0.5, 0.6) is 0 Å². The standard InChI is InChI=1S/C14H18BrN5/c1-18-14(16-11-17-18)10-19-6-8-20(9-7-19)13-4-2-12(15)3-5-13/h2-5,11H,6-10H2,1H3. The van der Waals surface area contributed by atoms with E-state index in [0.29, 0.717) is 0 Å². The summed E-state index contributed by atoms with van der Waals surface area (Å²) in [7, 11) is 1.94. The van der Waals surface area contributed by atoms with Crippen molar-refractivity contribution < 1.29 is 0 Å². The zero-order valence-corrected chi connectivity index (χ0v) is 13.1. The fourth-order valence-electron chi connectivity index (χ4n) is 2.48. The average Bonchev–Trinajstić information content (AvgIpc) is 2.86. The Hall–Kier alpha value is -1.40. The number of aromatic nitrogens is 3. The number of benzene rings is 1. The van der Waals surface area contributed by atoms with Crippen molar-refractivity contribution in [2.45, 2.75) is 6.54 Å². The Labute approximate surface area is 127 Å². The normalized spacial score (nSPS) is 16.6. The molecule has 1 aromatic carbocycles. The second kappa shape index (κ2) is 5.93. The van der Waals surface area contributed by atoms with Gasteiger partial charge in [0, 0.05) is 43.4 Å². The third-order valence-corrected chi connectivity index (χ3v) is 4.26. The van der Waals surface area contributed by atoms with Gasteiger partial charge in [-0.25, -0.2) is 4.98 Å². The van der Waals surface area contributed by atoms with Crippen molar-refractivity contribution in [2.75, 3.05) is 31.1 Å². The number of rotatable bonds is 3. The number of hydrogen-bond acceptors (Lipinski definition) is 4. The Bertz CT molecular complexity index is 557. The fraction of sp³-hybridized carbons (Fsp3) is 0.429. The Morgan fingerprint density at radius 2 is 1.80 bits per heavy atom. The molecule has 0 amide bonds. The third kappa shape index (κ3) is 3.02. The van der Waals surface area contributed by atoms with E-state index in [2.05, 4.69) is 60.1 Å². The molecule has 1 aromatic heterocycles. The van der Waals surface area contributed by atoms with Crippen molar-refractivity contribution in [2.24, 2.45) is 7.05 Å². The van der Waals surface area contributed by atoms with E-state index in [4.69, 9.17) is 0 Å². The molecular weight excluding hydrogens is 318 g/mol. The fourth-order valence-corrected chi connectivity index (χ4v) is 2.74. The van der Waals surface area contributed by atoms with Gasteiger partial charge in [-0.2, -0.15) is 5.10 Å². The van der Waals surface area contributed by atoms with Crippen LogP contribution in [0.1, 0.15) is 5.82 Å². The third-order valence-electron chi connectivity index (χ3n) is 3.73. The average molecular weight is 336 g/mol. The van der Waals surface area contributed by atoms with Crippen molar-refractivity contribution in [1.82, 2.24) is 19.7 Å². The minimum absolute atomic E-state index is 0.880. The van der Waals surface area contributed by atoms with Crippen LogP contribution in [0.2, 0.25) is 0 Å². The summed E-state index contributed by atoms with van der Waals surface area (Å²) in [4.78, 5) is 9.15. The molecule has 20 heavy (non-hydrogen) atoms. The molecule has 0 saturated carbocycles. The van der Waals surface area contributed by atoms with Crippen LogP contribution in [0.15, 0.2) is 35.1 Å². The van der Waals surface area contributed by atoms with Gasteiger partial charge in [0.05, 0.1) is 6.54 Å². The second-order valence-electron chi connectivity index (χ2n) is 5.04. The first kappa shape index (κ1) is 13.6. The molecule has 0 radical (unpaired) electrons. The number of hydrogen-bond donors (Lipinski definition) is 0. The molecular formula is C14H18BrN5. The summed E-state index contributed by atoms with van der Waals surface area (Å²) in [5, 5.41) is 4.12. The highest BCUT2D eigenvalue weighted by Crippen LogP contribution is 2.20. The SMILES string of the molecule is Cn1ncnc1CN1CCN(c2ccc(Br)cc2)CC1. The van der Waals surface area contributed by atoms with Crippen LogP contribution in [-0.2, 0) is 13.6 Å². The lowest BCUT2D eigenvalue weighted by molar-refractivity contribution is 0.241. The van der Waals surface area contributed by atoms with Crippen LogP contribution in [-0.4, -0.2) is 45.8 Å². The summed E-state index contributed by atoms with van der Waals surface area (Å²) in [6.07, 6.45) is 1.62. The topological polar surface area (TPSA) is 37.2 Å². The highest BCUT2D eigenvalue weighted by atomic mass is 79.9. The molecule has 5 nitrogen and oxygen atoms in total. The summed E-state index contributed by atoms with van der Waals surface area (Å²) in [5.74, 6) is 1.03. The molecule has 6 heteroatoms. The van der Waals surface area contributed by atoms with Gasteiger partial charge in [-0.3, -0.25) is 9.58 Å². The van der Waals surface area contributed by atoms with Gasteiger partial charge in [0.25, 0.3) is 0 Å². The van der Waals surface area contributed by atoms with Gasteiger partial charge in [0.15, 0.2) is 0 Å². The molecule has 1 aliphatic heterocycles. The molecule has 0 atom stereocenters. The Morgan fingerprint density at radius 3 is 2.40 bits per heavy atom. The number of aryl methyl sites for hydroxylation is 1. The van der Waals surface area contributed by atoms with Crippen LogP contribution in [0, 0.1) is 0 Å². The van der Waals surface area contributed by atoms with Crippen molar-refractivity contribution in [3.63, 3.8) is 0 Å². The Balaban J connectivity index is 1.57. The van der Waals surface area contributed by atoms with E-state index in [1.165, 1.54) is 5.69 Å². The quantitative estimate of drug-likeness (QED) is 0.858. The maximum atomic E-state index is 4.29. The molecule has 0 unspecified atom stereocenters. The molecule has 1 saturated heterocycles.